The lowest BCUT2D eigenvalue weighted by molar-refractivity contribution is -0.396. The van der Waals surface area contributed by atoms with Gasteiger partial charge in [-0.05, 0) is 34.7 Å². The summed E-state index contributed by atoms with van der Waals surface area (Å²) in [4.78, 5) is 38.5. The third-order valence-electron chi connectivity index (χ3n) is 2.80. The molecule has 0 aromatic heterocycles. The molecule has 144 valence electrons. The Morgan fingerprint density at radius 1 is 0.741 bits per heavy atom. The third-order valence-corrected chi connectivity index (χ3v) is 3.91. The number of anilines is 1. The van der Waals surface area contributed by atoms with Gasteiger partial charge in [0, 0.05) is 25.6 Å². The minimum absolute atomic E-state index is 0.0510. The summed E-state index contributed by atoms with van der Waals surface area (Å²) in [5.41, 5.74) is 3.40. The Bertz CT molecular complexity index is 772. The Labute approximate surface area is 165 Å². The Hall–Kier alpha value is -3.43. The molecule has 27 heavy (non-hydrogen) atoms. The Balaban J connectivity index is 0.000000478. The maximum absolute atomic E-state index is 10.4. The molecule has 0 radical (unpaired) electrons. The standard InChI is InChI=1S/C6H3IN2O4.C6H5N3O4.CH4/c2*7-6-4(8(10)11)2-1-3-5(6)9(12)13;/h1-3H;1-3H,7H2;1H4/i;;1T. The number of nitrogens with zero attached hydrogens (tertiary/aromatic N) is 4. The number of halogens is 1. The summed E-state index contributed by atoms with van der Waals surface area (Å²) < 4.78 is 5.80. The van der Waals surface area contributed by atoms with Gasteiger partial charge in [0.2, 0.25) is 0 Å². The fourth-order valence-corrected chi connectivity index (χ4v) is 2.40. The Morgan fingerprint density at radius 3 is 1.26 bits per heavy atom. The SMILES string of the molecule is Nc1c([N+](=O)[O-])cccc1[N+](=O)[O-].O=[N+]([O-])c1cccc([N+](=O)[O-])c1I.[3H]C. The molecular formula is C13H12IN5O8. The maximum atomic E-state index is 10.4. The smallest absolute Gasteiger partial charge is 0.299 e. The highest BCUT2D eigenvalue weighted by Gasteiger charge is 2.22. The van der Waals surface area contributed by atoms with E-state index >= 15 is 0 Å². The third kappa shape index (κ3) is 5.80. The minimum Gasteiger partial charge on any atom is -0.388 e. The van der Waals surface area contributed by atoms with E-state index in [4.69, 9.17) is 7.10 Å². The Morgan fingerprint density at radius 2 is 1.00 bits per heavy atom. The van der Waals surface area contributed by atoms with Crippen molar-refractivity contribution in [2.45, 2.75) is 7.40 Å². The zero-order chi connectivity index (χ0) is 22.0. The van der Waals surface area contributed by atoms with Crippen LogP contribution >= 0.6 is 22.6 Å². The zero-order valence-electron chi connectivity index (χ0n) is 14.5. The summed E-state index contributed by atoms with van der Waals surface area (Å²) in [6, 6.07) is 7.19. The van der Waals surface area contributed by atoms with E-state index in [0.717, 1.165) is 12.1 Å². The summed E-state index contributed by atoms with van der Waals surface area (Å²) in [5, 5.41) is 41.3. The van der Waals surface area contributed by atoms with E-state index < -0.39 is 36.8 Å². The number of hydrogen-bond acceptors (Lipinski definition) is 9. The number of nitrogen functional groups attached to an aromatic ring is 1. The molecule has 0 saturated carbocycles. The number of nitrogens with two attached hydrogens (primary N) is 1. The molecule has 2 aromatic carbocycles. The molecule has 0 amide bonds. The number of nitro groups is 4. The van der Waals surface area contributed by atoms with Gasteiger partial charge in [0.1, 0.15) is 0 Å². The van der Waals surface area contributed by atoms with Crippen molar-refractivity contribution >= 4 is 51.0 Å². The number of benzene rings is 2. The van der Waals surface area contributed by atoms with Crippen LogP contribution in [0, 0.1) is 44.0 Å². The average Bonchev–Trinajstić information content (AvgIpc) is 2.63. The Kier molecular flexibility index (Phi) is 7.92. The van der Waals surface area contributed by atoms with E-state index in [0.29, 0.717) is 0 Å². The molecule has 0 aliphatic rings. The predicted octanol–water partition coefficient (Wildman–Crippen LogP) is 3.83. The monoisotopic (exact) mass is 495 g/mol. The number of hydrogen-bond donors (Lipinski definition) is 1. The molecule has 0 fully saturated rings. The molecule has 14 heteroatoms. The van der Waals surface area contributed by atoms with Crippen LogP contribution in [0.25, 0.3) is 0 Å². The summed E-state index contributed by atoms with van der Waals surface area (Å²) in [5.74, 6) is 0. The molecule has 0 saturated heterocycles. The fourth-order valence-electron chi connectivity index (χ4n) is 1.65. The molecule has 0 spiro atoms. The lowest BCUT2D eigenvalue weighted by Crippen LogP contribution is -2.00. The molecule has 0 aliphatic heterocycles. The second-order valence-corrected chi connectivity index (χ2v) is 5.43. The van der Waals surface area contributed by atoms with Gasteiger partial charge in [0.05, 0.1) is 19.7 Å². The molecule has 0 aliphatic carbocycles. The second kappa shape index (κ2) is 9.90. The lowest BCUT2D eigenvalue weighted by atomic mass is 10.2. The van der Waals surface area contributed by atoms with E-state index in [9.17, 15) is 40.5 Å². The first-order chi connectivity index (χ1) is 13.1. The largest absolute Gasteiger partial charge is 0.388 e. The molecule has 2 N–H and O–H groups in total. The molecule has 0 atom stereocenters. The first-order valence-corrected chi connectivity index (χ1v) is 7.40. The van der Waals surface area contributed by atoms with Crippen molar-refractivity contribution in [1.82, 2.24) is 0 Å². The average molecular weight is 495 g/mol. The van der Waals surface area contributed by atoms with E-state index in [2.05, 4.69) is 0 Å². The van der Waals surface area contributed by atoms with Gasteiger partial charge in [-0.1, -0.05) is 7.40 Å². The van der Waals surface area contributed by atoms with Crippen LogP contribution in [0.4, 0.5) is 28.4 Å². The van der Waals surface area contributed by atoms with Gasteiger partial charge < -0.3 is 5.73 Å². The minimum atomic E-state index is -0.762. The highest BCUT2D eigenvalue weighted by atomic mass is 127. The van der Waals surface area contributed by atoms with Crippen LogP contribution in [0.15, 0.2) is 36.4 Å². The molecular weight excluding hydrogens is 481 g/mol. The normalized spacial score (nSPS) is 9.48. The molecule has 0 bridgehead atoms. The number of nitro benzene ring substituents is 4. The van der Waals surface area contributed by atoms with Crippen molar-refractivity contribution in [3.05, 3.63) is 80.4 Å². The molecule has 2 rings (SSSR count). The lowest BCUT2D eigenvalue weighted by Gasteiger charge is -1.96. The second-order valence-electron chi connectivity index (χ2n) is 4.35. The first kappa shape index (κ1) is 21.6. The highest BCUT2D eigenvalue weighted by Crippen LogP contribution is 2.30. The number of rotatable bonds is 4. The summed E-state index contributed by atoms with van der Waals surface area (Å²) in [7, 11) is 1.25. The van der Waals surface area contributed by atoms with Gasteiger partial charge in [0.15, 0.2) is 9.26 Å². The van der Waals surface area contributed by atoms with Crippen LogP contribution < -0.4 is 5.73 Å². The van der Waals surface area contributed by atoms with Gasteiger partial charge in [-0.2, -0.15) is 0 Å². The molecule has 2 aromatic rings. The van der Waals surface area contributed by atoms with Crippen LogP contribution in [0.5, 0.6) is 0 Å². The molecule has 0 heterocycles. The van der Waals surface area contributed by atoms with Crippen molar-refractivity contribution in [2.24, 2.45) is 0 Å². The summed E-state index contributed by atoms with van der Waals surface area (Å²) in [6.07, 6.45) is 0. The topological polar surface area (TPSA) is 199 Å². The van der Waals surface area contributed by atoms with E-state index in [-0.39, 0.29) is 14.9 Å². The van der Waals surface area contributed by atoms with Gasteiger partial charge in [-0.25, -0.2) is 0 Å². The van der Waals surface area contributed by atoms with E-state index in [1.165, 1.54) is 31.7 Å². The summed E-state index contributed by atoms with van der Waals surface area (Å²) in [6.45, 7) is 0. The molecule has 0 unspecified atom stereocenters. The van der Waals surface area contributed by atoms with Crippen molar-refractivity contribution in [3.63, 3.8) is 0 Å². The van der Waals surface area contributed by atoms with Gasteiger partial charge in [-0.3, -0.25) is 40.5 Å². The maximum Gasteiger partial charge on any atom is 0.299 e. The van der Waals surface area contributed by atoms with Crippen LogP contribution in [0.2, 0.25) is 0 Å². The van der Waals surface area contributed by atoms with Crippen molar-refractivity contribution in [3.8, 4) is 0 Å². The quantitative estimate of drug-likeness (QED) is 0.283. The van der Waals surface area contributed by atoms with Crippen molar-refractivity contribution in [2.75, 3.05) is 5.73 Å². The number of para-hydroxylation sites is 1. The van der Waals surface area contributed by atoms with E-state index in [1.807, 2.05) is 0 Å². The van der Waals surface area contributed by atoms with Crippen molar-refractivity contribution in [1.29, 1.82) is 0 Å². The zero-order valence-corrected chi connectivity index (χ0v) is 15.6. The van der Waals surface area contributed by atoms with Crippen LogP contribution in [-0.2, 0) is 0 Å². The summed E-state index contributed by atoms with van der Waals surface area (Å²) >= 11 is 1.59. The fraction of sp³-hybridized carbons (Fsp3) is 0.0769. The first-order valence-electron chi connectivity index (χ1n) is 7.32. The predicted molar refractivity (Wildman–Crippen MR) is 103 cm³/mol. The van der Waals surface area contributed by atoms with Gasteiger partial charge in [-0.15, -0.1) is 0 Å². The van der Waals surface area contributed by atoms with Crippen molar-refractivity contribution < 1.29 is 21.1 Å². The highest BCUT2D eigenvalue weighted by molar-refractivity contribution is 14.1. The van der Waals surface area contributed by atoms with Crippen LogP contribution in [0.1, 0.15) is 8.77 Å². The van der Waals surface area contributed by atoms with E-state index in [1.54, 1.807) is 22.6 Å². The van der Waals surface area contributed by atoms with Gasteiger partial charge >= 0.3 is 0 Å². The van der Waals surface area contributed by atoms with Crippen LogP contribution in [-0.4, -0.2) is 19.7 Å². The molecule has 13 nitrogen and oxygen atoms in total. The van der Waals surface area contributed by atoms with Crippen LogP contribution in [0.3, 0.4) is 0 Å². The van der Waals surface area contributed by atoms with Gasteiger partial charge in [0.25, 0.3) is 22.7 Å².